The molecule has 0 aromatic heterocycles. The van der Waals surface area contributed by atoms with Gasteiger partial charge in [0.2, 0.25) is 10.0 Å². The first-order valence-corrected chi connectivity index (χ1v) is 11.0. The lowest BCUT2D eigenvalue weighted by molar-refractivity contribution is -0.119. The van der Waals surface area contributed by atoms with E-state index in [1.807, 2.05) is 0 Å². The number of hydrogen-bond acceptors (Lipinski definition) is 7. The third-order valence-corrected chi connectivity index (χ3v) is 6.61. The maximum absolute atomic E-state index is 12.6. The smallest absolute Gasteiger partial charge is 0.262 e. The molecule has 1 saturated heterocycles. The number of rotatable bonds is 6. The Balaban J connectivity index is 1.32. The molecule has 2 aliphatic rings. The predicted octanol–water partition coefficient (Wildman–Crippen LogP) is 1.06. The number of nitrogens with one attached hydrogen (secondary N) is 2. The zero-order valence-electron chi connectivity index (χ0n) is 16.5. The minimum absolute atomic E-state index is 0.0426. The molecule has 0 unspecified atom stereocenters. The van der Waals surface area contributed by atoms with Crippen LogP contribution in [0, 0.1) is 0 Å². The highest BCUT2D eigenvalue weighted by Crippen LogP contribution is 2.30. The number of amides is 2. The van der Waals surface area contributed by atoms with Gasteiger partial charge in [-0.25, -0.2) is 8.42 Å². The van der Waals surface area contributed by atoms with Gasteiger partial charge in [-0.2, -0.15) is 4.31 Å². The summed E-state index contributed by atoms with van der Waals surface area (Å²) in [4.78, 5) is 23.7. The van der Waals surface area contributed by atoms with Crippen LogP contribution in [0.25, 0.3) is 0 Å². The summed E-state index contributed by atoms with van der Waals surface area (Å²) >= 11 is 0. The molecule has 4 rings (SSSR count). The molecule has 11 heteroatoms. The van der Waals surface area contributed by atoms with Crippen molar-refractivity contribution in [3.63, 3.8) is 0 Å². The van der Waals surface area contributed by atoms with Gasteiger partial charge in [0.25, 0.3) is 11.8 Å². The molecule has 2 heterocycles. The Morgan fingerprint density at radius 2 is 1.87 bits per heavy atom. The summed E-state index contributed by atoms with van der Waals surface area (Å²) in [5, 5.41) is 5.34. The molecular formula is C20H21N3O7S. The molecule has 2 aromatic rings. The summed E-state index contributed by atoms with van der Waals surface area (Å²) in [5.41, 5.74) is 0.956. The Labute approximate surface area is 179 Å². The van der Waals surface area contributed by atoms with Gasteiger partial charge in [0, 0.05) is 18.8 Å². The largest absolute Gasteiger partial charge is 0.484 e. The minimum Gasteiger partial charge on any atom is -0.484 e. The highest BCUT2D eigenvalue weighted by atomic mass is 32.2. The summed E-state index contributed by atoms with van der Waals surface area (Å²) in [6.45, 7) is 1.07. The van der Waals surface area contributed by atoms with Crippen LogP contribution in [0.15, 0.2) is 47.4 Å². The summed E-state index contributed by atoms with van der Waals surface area (Å²) < 4.78 is 42.5. The van der Waals surface area contributed by atoms with E-state index in [9.17, 15) is 18.0 Å². The van der Waals surface area contributed by atoms with Gasteiger partial charge in [-0.3, -0.25) is 9.59 Å². The van der Waals surface area contributed by atoms with Crippen LogP contribution in [0.3, 0.4) is 0 Å². The standard InChI is InChI=1S/C20H21N3O7S/c24-19(21-14-1-6-18-17(11-14)22-20(25)13-30-18)12-29-15-2-4-16(5-3-15)31(26,27)23-7-9-28-10-8-23/h1-6,11H,7-10,12-13H2,(H,21,24)(H,22,25). The molecule has 2 aliphatic heterocycles. The molecule has 0 saturated carbocycles. The quantitative estimate of drug-likeness (QED) is 0.679. The fourth-order valence-corrected chi connectivity index (χ4v) is 4.56. The Kier molecular flexibility index (Phi) is 6.07. The van der Waals surface area contributed by atoms with Crippen molar-refractivity contribution < 1.29 is 32.2 Å². The first kappa shape index (κ1) is 21.1. The molecule has 2 N–H and O–H groups in total. The van der Waals surface area contributed by atoms with E-state index < -0.39 is 15.9 Å². The summed E-state index contributed by atoms with van der Waals surface area (Å²) in [5.74, 6) is 0.217. The molecule has 2 amide bonds. The minimum atomic E-state index is -3.58. The second kappa shape index (κ2) is 8.92. The van der Waals surface area contributed by atoms with E-state index >= 15 is 0 Å². The van der Waals surface area contributed by atoms with Crippen LogP contribution >= 0.6 is 0 Å². The Hall–Kier alpha value is -3.15. The van der Waals surface area contributed by atoms with Crippen LogP contribution in [0.2, 0.25) is 0 Å². The van der Waals surface area contributed by atoms with E-state index in [-0.39, 0.29) is 24.0 Å². The third-order valence-electron chi connectivity index (χ3n) is 4.70. The number of carbonyl (C=O) groups excluding carboxylic acids is 2. The van der Waals surface area contributed by atoms with Crippen LogP contribution < -0.4 is 20.1 Å². The molecule has 10 nitrogen and oxygen atoms in total. The normalized spacial score (nSPS) is 16.6. The lowest BCUT2D eigenvalue weighted by atomic mass is 10.2. The van der Waals surface area contributed by atoms with Crippen LogP contribution in [-0.4, -0.2) is 64.1 Å². The summed E-state index contributed by atoms with van der Waals surface area (Å²) in [7, 11) is -3.58. The summed E-state index contributed by atoms with van der Waals surface area (Å²) in [6, 6.07) is 10.8. The lowest BCUT2D eigenvalue weighted by Gasteiger charge is -2.26. The molecule has 0 aliphatic carbocycles. The fraction of sp³-hybridized carbons (Fsp3) is 0.300. The number of benzene rings is 2. The van der Waals surface area contributed by atoms with Crippen molar-refractivity contribution in [3.8, 4) is 11.5 Å². The van der Waals surface area contributed by atoms with Crippen LogP contribution in [-0.2, 0) is 24.3 Å². The van der Waals surface area contributed by atoms with Crippen molar-refractivity contribution in [2.24, 2.45) is 0 Å². The van der Waals surface area contributed by atoms with E-state index in [1.165, 1.54) is 28.6 Å². The highest BCUT2D eigenvalue weighted by molar-refractivity contribution is 7.89. The van der Waals surface area contributed by atoms with Gasteiger partial charge >= 0.3 is 0 Å². The number of carbonyl (C=O) groups is 2. The van der Waals surface area contributed by atoms with Crippen LogP contribution in [0.4, 0.5) is 11.4 Å². The number of sulfonamides is 1. The van der Waals surface area contributed by atoms with Gasteiger partial charge in [0.15, 0.2) is 13.2 Å². The van der Waals surface area contributed by atoms with Crippen molar-refractivity contribution >= 4 is 33.2 Å². The number of ether oxygens (including phenoxy) is 3. The zero-order chi connectivity index (χ0) is 21.8. The Morgan fingerprint density at radius 1 is 1.13 bits per heavy atom. The van der Waals surface area contributed by atoms with Crippen molar-refractivity contribution in [3.05, 3.63) is 42.5 Å². The monoisotopic (exact) mass is 447 g/mol. The first-order chi connectivity index (χ1) is 14.9. The van der Waals surface area contributed by atoms with Crippen LogP contribution in [0.5, 0.6) is 11.5 Å². The lowest BCUT2D eigenvalue weighted by Crippen LogP contribution is -2.40. The van der Waals surface area contributed by atoms with E-state index in [1.54, 1.807) is 18.2 Å². The molecule has 2 aromatic carbocycles. The van der Waals surface area contributed by atoms with E-state index in [4.69, 9.17) is 14.2 Å². The summed E-state index contributed by atoms with van der Waals surface area (Å²) in [6.07, 6.45) is 0. The second-order valence-electron chi connectivity index (χ2n) is 6.87. The van der Waals surface area contributed by atoms with Gasteiger partial charge in [0.1, 0.15) is 11.5 Å². The van der Waals surface area contributed by atoms with Gasteiger partial charge in [-0.15, -0.1) is 0 Å². The van der Waals surface area contributed by atoms with E-state index in [0.29, 0.717) is 49.2 Å². The molecule has 164 valence electrons. The average Bonchev–Trinajstić information content (AvgIpc) is 2.78. The Bertz CT molecular complexity index is 1080. The van der Waals surface area contributed by atoms with Gasteiger partial charge in [0.05, 0.1) is 23.8 Å². The van der Waals surface area contributed by atoms with Crippen molar-refractivity contribution in [2.75, 3.05) is 50.2 Å². The first-order valence-electron chi connectivity index (χ1n) is 9.59. The van der Waals surface area contributed by atoms with Crippen molar-refractivity contribution in [1.29, 1.82) is 0 Å². The average molecular weight is 447 g/mol. The van der Waals surface area contributed by atoms with Gasteiger partial charge < -0.3 is 24.8 Å². The highest BCUT2D eigenvalue weighted by Gasteiger charge is 2.26. The number of nitrogens with zero attached hydrogens (tertiary/aromatic N) is 1. The fourth-order valence-electron chi connectivity index (χ4n) is 3.15. The SMILES string of the molecule is O=C(COc1ccc(S(=O)(=O)N2CCOCC2)cc1)Nc1ccc2c(c1)NC(=O)CO2. The van der Waals surface area contributed by atoms with Crippen molar-refractivity contribution in [2.45, 2.75) is 4.90 Å². The molecule has 0 spiro atoms. The van der Waals surface area contributed by atoms with E-state index in [2.05, 4.69) is 10.6 Å². The van der Waals surface area contributed by atoms with E-state index in [0.717, 1.165) is 0 Å². The van der Waals surface area contributed by atoms with Crippen molar-refractivity contribution in [1.82, 2.24) is 4.31 Å². The van der Waals surface area contributed by atoms with Gasteiger partial charge in [-0.1, -0.05) is 0 Å². The maximum Gasteiger partial charge on any atom is 0.262 e. The number of morpholine rings is 1. The molecule has 31 heavy (non-hydrogen) atoms. The van der Waals surface area contributed by atoms with Gasteiger partial charge in [-0.05, 0) is 42.5 Å². The predicted molar refractivity (Wildman–Crippen MR) is 111 cm³/mol. The topological polar surface area (TPSA) is 123 Å². The molecule has 0 atom stereocenters. The number of anilines is 2. The second-order valence-corrected chi connectivity index (χ2v) is 8.81. The number of hydrogen-bond donors (Lipinski definition) is 2. The number of fused-ring (bicyclic) bond motifs is 1. The molecule has 0 bridgehead atoms. The Morgan fingerprint density at radius 3 is 2.61 bits per heavy atom. The maximum atomic E-state index is 12.6. The molecular weight excluding hydrogens is 426 g/mol. The van der Waals surface area contributed by atoms with Crippen LogP contribution in [0.1, 0.15) is 0 Å². The molecule has 0 radical (unpaired) electrons. The molecule has 1 fully saturated rings. The third kappa shape index (κ3) is 4.95. The zero-order valence-corrected chi connectivity index (χ0v) is 17.3.